The Morgan fingerprint density at radius 3 is 2.41 bits per heavy atom. The number of ether oxygens (including phenoxy) is 1. The van der Waals surface area contributed by atoms with Crippen molar-refractivity contribution in [3.05, 3.63) is 0 Å². The maximum absolute atomic E-state index is 13.1. The summed E-state index contributed by atoms with van der Waals surface area (Å²) in [6.45, 7) is 1.85. The Kier molecular flexibility index (Phi) is 6.10. The van der Waals surface area contributed by atoms with Crippen LogP contribution in [0.15, 0.2) is 4.34 Å². The molecule has 0 atom stereocenters. The van der Waals surface area contributed by atoms with E-state index < -0.39 is 5.97 Å². The SMILES string of the molecule is CCOC(=O)CNC(=O)CSc1nnc(NC(=O)C23CC4CC(CC(C4)C2)C3)s1. The molecule has 8 nitrogen and oxygen atoms in total. The topological polar surface area (TPSA) is 110 Å². The van der Waals surface area contributed by atoms with Gasteiger partial charge in [-0.1, -0.05) is 23.1 Å². The number of hydrogen-bond donors (Lipinski definition) is 2. The Labute approximate surface area is 177 Å². The number of aromatic nitrogens is 2. The Morgan fingerprint density at radius 2 is 1.79 bits per heavy atom. The minimum atomic E-state index is -0.462. The average Bonchev–Trinajstić information content (AvgIpc) is 3.11. The smallest absolute Gasteiger partial charge is 0.325 e. The van der Waals surface area contributed by atoms with E-state index in [0.717, 1.165) is 19.3 Å². The summed E-state index contributed by atoms with van der Waals surface area (Å²) >= 11 is 2.51. The van der Waals surface area contributed by atoms with Crippen LogP contribution in [-0.4, -0.2) is 46.9 Å². The van der Waals surface area contributed by atoms with Crippen molar-refractivity contribution < 1.29 is 19.1 Å². The number of anilines is 1. The van der Waals surface area contributed by atoms with Crippen molar-refractivity contribution in [2.75, 3.05) is 24.2 Å². The van der Waals surface area contributed by atoms with Crippen LogP contribution >= 0.6 is 23.1 Å². The first-order chi connectivity index (χ1) is 14.0. The quantitative estimate of drug-likeness (QED) is 0.364. The zero-order valence-electron chi connectivity index (χ0n) is 16.4. The summed E-state index contributed by atoms with van der Waals surface area (Å²) in [7, 11) is 0. The summed E-state index contributed by atoms with van der Waals surface area (Å²) in [5, 5.41) is 14.1. The van der Waals surface area contributed by atoms with Gasteiger partial charge in [0.25, 0.3) is 0 Å². The van der Waals surface area contributed by atoms with Gasteiger partial charge in [-0.3, -0.25) is 14.4 Å². The van der Waals surface area contributed by atoms with Crippen LogP contribution in [0.4, 0.5) is 5.13 Å². The van der Waals surface area contributed by atoms with Crippen molar-refractivity contribution >= 4 is 46.0 Å². The molecule has 0 radical (unpaired) electrons. The van der Waals surface area contributed by atoms with E-state index in [0.29, 0.717) is 27.2 Å². The van der Waals surface area contributed by atoms with Gasteiger partial charge in [0.1, 0.15) is 6.54 Å². The lowest BCUT2D eigenvalue weighted by molar-refractivity contribution is -0.143. The third kappa shape index (κ3) is 4.74. The Morgan fingerprint density at radius 1 is 1.14 bits per heavy atom. The molecule has 4 aliphatic rings. The van der Waals surface area contributed by atoms with E-state index in [1.165, 1.54) is 42.4 Å². The summed E-state index contributed by atoms with van der Waals surface area (Å²) < 4.78 is 5.37. The third-order valence-electron chi connectivity index (χ3n) is 6.21. The first-order valence-electron chi connectivity index (χ1n) is 10.2. The molecule has 0 aliphatic heterocycles. The van der Waals surface area contributed by atoms with Gasteiger partial charge in [0.05, 0.1) is 17.8 Å². The lowest BCUT2D eigenvalue weighted by atomic mass is 9.49. The molecule has 2 N–H and O–H groups in total. The van der Waals surface area contributed by atoms with Crippen molar-refractivity contribution in [1.82, 2.24) is 15.5 Å². The predicted molar refractivity (Wildman–Crippen MR) is 110 cm³/mol. The number of amides is 2. The Hall–Kier alpha value is -1.68. The molecule has 4 saturated carbocycles. The van der Waals surface area contributed by atoms with Gasteiger partial charge in [0.15, 0.2) is 4.34 Å². The molecule has 1 aromatic rings. The number of nitrogens with zero attached hydrogens (tertiary/aromatic N) is 2. The number of hydrogen-bond acceptors (Lipinski definition) is 8. The van der Waals surface area contributed by atoms with Crippen LogP contribution in [0.25, 0.3) is 0 Å². The highest BCUT2D eigenvalue weighted by Crippen LogP contribution is 2.60. The van der Waals surface area contributed by atoms with E-state index in [4.69, 9.17) is 4.74 Å². The molecular formula is C19H26N4O4S2. The lowest BCUT2D eigenvalue weighted by Crippen LogP contribution is -2.51. The zero-order valence-corrected chi connectivity index (χ0v) is 18.1. The maximum Gasteiger partial charge on any atom is 0.325 e. The van der Waals surface area contributed by atoms with E-state index in [1.807, 2.05) is 0 Å². The lowest BCUT2D eigenvalue weighted by Gasteiger charge is -2.55. The summed E-state index contributed by atoms with van der Waals surface area (Å²) in [5.74, 6) is 1.60. The highest BCUT2D eigenvalue weighted by molar-refractivity contribution is 8.01. The number of esters is 1. The molecule has 0 unspecified atom stereocenters. The standard InChI is InChI=1S/C19H26N4O4S2/c1-2-27-15(25)9-20-14(24)10-28-18-23-22-17(29-18)21-16(26)19-6-11-3-12(7-19)5-13(4-11)8-19/h11-13H,2-10H2,1H3,(H,20,24)(H,21,22,26). The van der Waals surface area contributed by atoms with Crippen LogP contribution in [0.5, 0.6) is 0 Å². The molecule has 4 fully saturated rings. The second kappa shape index (κ2) is 8.59. The summed E-state index contributed by atoms with van der Waals surface area (Å²) in [4.78, 5) is 36.1. The molecule has 158 valence electrons. The highest BCUT2D eigenvalue weighted by atomic mass is 32.2. The van der Waals surface area contributed by atoms with E-state index in [-0.39, 0.29) is 36.1 Å². The van der Waals surface area contributed by atoms with Gasteiger partial charge in [-0.15, -0.1) is 10.2 Å². The van der Waals surface area contributed by atoms with Crippen LogP contribution in [0.2, 0.25) is 0 Å². The molecule has 0 spiro atoms. The molecule has 0 aromatic carbocycles. The Bertz CT molecular complexity index is 762. The fourth-order valence-corrected chi connectivity index (χ4v) is 7.08. The Balaban J connectivity index is 1.26. The molecule has 0 saturated heterocycles. The van der Waals surface area contributed by atoms with Gasteiger partial charge >= 0.3 is 5.97 Å². The number of thioether (sulfide) groups is 1. The van der Waals surface area contributed by atoms with E-state index >= 15 is 0 Å². The van der Waals surface area contributed by atoms with Crippen molar-refractivity contribution in [2.24, 2.45) is 23.2 Å². The van der Waals surface area contributed by atoms with Crippen molar-refractivity contribution in [2.45, 2.75) is 49.8 Å². The number of rotatable bonds is 8. The van der Waals surface area contributed by atoms with E-state index in [9.17, 15) is 14.4 Å². The monoisotopic (exact) mass is 438 g/mol. The van der Waals surface area contributed by atoms with Crippen LogP contribution < -0.4 is 10.6 Å². The number of nitrogens with one attached hydrogen (secondary N) is 2. The van der Waals surface area contributed by atoms with Crippen LogP contribution in [0.3, 0.4) is 0 Å². The molecule has 29 heavy (non-hydrogen) atoms. The van der Waals surface area contributed by atoms with Gasteiger partial charge in [0.2, 0.25) is 16.9 Å². The molecule has 4 bridgehead atoms. The first kappa shape index (κ1) is 20.6. The third-order valence-corrected chi connectivity index (χ3v) is 8.18. The fourth-order valence-electron chi connectivity index (χ4n) is 5.50. The average molecular weight is 439 g/mol. The molecule has 1 aromatic heterocycles. The molecular weight excluding hydrogens is 412 g/mol. The minimum absolute atomic E-state index is 0.0940. The normalized spacial score (nSPS) is 29.5. The zero-order chi connectivity index (χ0) is 20.4. The van der Waals surface area contributed by atoms with Gasteiger partial charge in [-0.25, -0.2) is 0 Å². The largest absolute Gasteiger partial charge is 0.465 e. The maximum atomic E-state index is 13.1. The molecule has 1 heterocycles. The van der Waals surface area contributed by atoms with E-state index in [2.05, 4.69) is 20.8 Å². The van der Waals surface area contributed by atoms with Gasteiger partial charge in [0, 0.05) is 0 Å². The molecule has 4 aliphatic carbocycles. The molecule has 10 heteroatoms. The van der Waals surface area contributed by atoms with Crippen molar-refractivity contribution in [1.29, 1.82) is 0 Å². The fraction of sp³-hybridized carbons (Fsp3) is 0.737. The van der Waals surface area contributed by atoms with Gasteiger partial charge in [-0.2, -0.15) is 0 Å². The van der Waals surface area contributed by atoms with Crippen molar-refractivity contribution in [3.63, 3.8) is 0 Å². The van der Waals surface area contributed by atoms with Crippen LogP contribution in [0.1, 0.15) is 45.4 Å². The predicted octanol–water partition coefficient (Wildman–Crippen LogP) is 2.46. The second-order valence-corrected chi connectivity index (χ2v) is 10.6. The second-order valence-electron chi connectivity index (χ2n) is 8.40. The summed E-state index contributed by atoms with van der Waals surface area (Å²) in [6.07, 6.45) is 6.91. The van der Waals surface area contributed by atoms with Crippen LogP contribution in [-0.2, 0) is 19.1 Å². The molecule has 2 amide bonds. The summed E-state index contributed by atoms with van der Waals surface area (Å²) in [6, 6.07) is 0. The van der Waals surface area contributed by atoms with E-state index in [1.54, 1.807) is 6.92 Å². The van der Waals surface area contributed by atoms with Crippen molar-refractivity contribution in [3.8, 4) is 0 Å². The van der Waals surface area contributed by atoms with Crippen LogP contribution in [0, 0.1) is 23.2 Å². The minimum Gasteiger partial charge on any atom is -0.465 e. The first-order valence-corrected chi connectivity index (χ1v) is 12.0. The van der Waals surface area contributed by atoms with Gasteiger partial charge in [-0.05, 0) is 63.2 Å². The highest BCUT2D eigenvalue weighted by Gasteiger charge is 2.54. The number of carbonyl (C=O) groups excluding carboxylic acids is 3. The summed E-state index contributed by atoms with van der Waals surface area (Å²) in [5.41, 5.74) is -0.222. The number of carbonyl (C=O) groups is 3. The molecule has 5 rings (SSSR count). The van der Waals surface area contributed by atoms with Gasteiger partial charge < -0.3 is 15.4 Å².